The number of aryl methyl sites for hydroxylation is 1. The third-order valence-corrected chi connectivity index (χ3v) is 3.66. The summed E-state index contributed by atoms with van der Waals surface area (Å²) in [6, 6.07) is 12.6. The predicted molar refractivity (Wildman–Crippen MR) is 98.3 cm³/mol. The molecule has 6 nitrogen and oxygen atoms in total. The molecule has 2 N–H and O–H groups in total. The fourth-order valence-electron chi connectivity index (χ4n) is 2.41. The fraction of sp³-hybridized carbons (Fsp3) is 0.158. The molecule has 0 saturated carbocycles. The van der Waals surface area contributed by atoms with Gasteiger partial charge in [-0.2, -0.15) is 5.10 Å². The molecule has 3 aromatic rings. The normalized spacial score (nSPS) is 11.7. The van der Waals surface area contributed by atoms with Crippen LogP contribution in [-0.4, -0.2) is 22.2 Å². The van der Waals surface area contributed by atoms with Crippen LogP contribution in [0.3, 0.4) is 0 Å². The van der Waals surface area contributed by atoms with Gasteiger partial charge in [-0.1, -0.05) is 24.3 Å². The van der Waals surface area contributed by atoms with Gasteiger partial charge in [-0.3, -0.25) is 0 Å². The molecular formula is C19H17F3N4O2. The van der Waals surface area contributed by atoms with Gasteiger partial charge < -0.3 is 15.2 Å². The first-order valence-electron chi connectivity index (χ1n) is 8.22. The number of alkyl halides is 3. The van der Waals surface area contributed by atoms with Crippen LogP contribution in [0.4, 0.5) is 19.1 Å². The van der Waals surface area contributed by atoms with E-state index in [2.05, 4.69) is 14.8 Å². The molecule has 0 amide bonds. The highest BCUT2D eigenvalue weighted by atomic mass is 19.4. The smallest absolute Gasteiger partial charge is 0.489 e. The molecule has 0 spiro atoms. The zero-order valence-corrected chi connectivity index (χ0v) is 14.8. The van der Waals surface area contributed by atoms with Gasteiger partial charge in [-0.05, 0) is 36.8 Å². The van der Waals surface area contributed by atoms with Crippen LogP contribution in [0.5, 0.6) is 11.5 Å². The van der Waals surface area contributed by atoms with Gasteiger partial charge in [-0.15, -0.1) is 13.2 Å². The van der Waals surface area contributed by atoms with Crippen molar-refractivity contribution in [2.24, 2.45) is 5.10 Å². The average Bonchev–Trinajstić information content (AvgIpc) is 2.96. The van der Waals surface area contributed by atoms with Gasteiger partial charge >= 0.3 is 6.36 Å². The zero-order valence-electron chi connectivity index (χ0n) is 14.8. The Morgan fingerprint density at radius 2 is 1.79 bits per heavy atom. The minimum absolute atomic E-state index is 0.208. The standard InChI is InChI=1S/C19H17F3N4O2/c1-13-11-26(18(23)25-13)24-10-14-4-2-3-5-15(14)12-27-16-6-8-17(9-7-16)28-19(20,21)22/h2-11H,12H2,1H3,(H2,23,25). The summed E-state index contributed by atoms with van der Waals surface area (Å²) in [5.74, 6) is 0.389. The molecule has 28 heavy (non-hydrogen) atoms. The molecule has 3 rings (SSSR count). The third-order valence-electron chi connectivity index (χ3n) is 3.66. The first-order valence-corrected chi connectivity index (χ1v) is 8.22. The second-order valence-electron chi connectivity index (χ2n) is 5.84. The first kappa shape index (κ1) is 19.3. The van der Waals surface area contributed by atoms with Gasteiger partial charge in [0.2, 0.25) is 5.95 Å². The second kappa shape index (κ2) is 8.03. The van der Waals surface area contributed by atoms with E-state index < -0.39 is 6.36 Å². The third kappa shape index (κ3) is 5.26. The van der Waals surface area contributed by atoms with E-state index in [1.807, 2.05) is 31.2 Å². The molecule has 1 aromatic heterocycles. The van der Waals surface area contributed by atoms with E-state index in [1.54, 1.807) is 12.4 Å². The summed E-state index contributed by atoms with van der Waals surface area (Å²) in [6.07, 6.45) is -1.39. The zero-order chi connectivity index (χ0) is 20.1. The summed E-state index contributed by atoms with van der Waals surface area (Å²) in [4.78, 5) is 4.07. The summed E-state index contributed by atoms with van der Waals surface area (Å²) in [6.45, 7) is 2.02. The number of hydrogen-bond acceptors (Lipinski definition) is 5. The Balaban J connectivity index is 1.67. The molecule has 2 aromatic carbocycles. The molecule has 0 saturated heterocycles. The maximum Gasteiger partial charge on any atom is 0.573 e. The quantitative estimate of drug-likeness (QED) is 0.642. The van der Waals surface area contributed by atoms with Gasteiger partial charge in [0, 0.05) is 5.56 Å². The minimum atomic E-state index is -4.72. The number of hydrogen-bond donors (Lipinski definition) is 1. The fourth-order valence-corrected chi connectivity index (χ4v) is 2.41. The lowest BCUT2D eigenvalue weighted by atomic mass is 10.1. The number of benzene rings is 2. The highest BCUT2D eigenvalue weighted by Crippen LogP contribution is 2.25. The Labute approximate surface area is 159 Å². The summed E-state index contributed by atoms with van der Waals surface area (Å²) >= 11 is 0. The van der Waals surface area contributed by atoms with Gasteiger partial charge in [0.15, 0.2) is 0 Å². The lowest BCUT2D eigenvalue weighted by molar-refractivity contribution is -0.274. The molecule has 0 aliphatic rings. The van der Waals surface area contributed by atoms with E-state index in [1.165, 1.54) is 28.9 Å². The van der Waals surface area contributed by atoms with Crippen molar-refractivity contribution in [3.8, 4) is 11.5 Å². The number of nitrogen functional groups attached to an aromatic ring is 1. The van der Waals surface area contributed by atoms with E-state index in [0.717, 1.165) is 16.8 Å². The highest BCUT2D eigenvalue weighted by Gasteiger charge is 2.30. The monoisotopic (exact) mass is 390 g/mol. The van der Waals surface area contributed by atoms with Crippen molar-refractivity contribution in [3.05, 3.63) is 71.5 Å². The van der Waals surface area contributed by atoms with Gasteiger partial charge in [0.1, 0.15) is 18.1 Å². The molecule has 9 heteroatoms. The van der Waals surface area contributed by atoms with Crippen molar-refractivity contribution in [1.82, 2.24) is 9.66 Å². The number of nitrogens with zero attached hydrogens (tertiary/aromatic N) is 3. The molecule has 0 radical (unpaired) electrons. The molecule has 146 valence electrons. The molecule has 0 aliphatic carbocycles. The summed E-state index contributed by atoms with van der Waals surface area (Å²) < 4.78 is 47.5. The molecule has 0 atom stereocenters. The van der Waals surface area contributed by atoms with Crippen LogP contribution in [-0.2, 0) is 6.61 Å². The number of imidazole rings is 1. The van der Waals surface area contributed by atoms with Crippen LogP contribution in [0, 0.1) is 6.92 Å². The largest absolute Gasteiger partial charge is 0.573 e. The molecule has 0 fully saturated rings. The lowest BCUT2D eigenvalue weighted by Crippen LogP contribution is -2.16. The number of anilines is 1. The van der Waals surface area contributed by atoms with E-state index in [-0.39, 0.29) is 18.3 Å². The number of nitrogens with two attached hydrogens (primary N) is 1. The van der Waals surface area contributed by atoms with E-state index in [0.29, 0.717) is 5.75 Å². The van der Waals surface area contributed by atoms with Crippen molar-refractivity contribution in [2.75, 3.05) is 5.73 Å². The topological polar surface area (TPSA) is 74.7 Å². The van der Waals surface area contributed by atoms with Crippen molar-refractivity contribution in [3.63, 3.8) is 0 Å². The van der Waals surface area contributed by atoms with Gasteiger partial charge in [0.25, 0.3) is 0 Å². The maximum absolute atomic E-state index is 12.2. The lowest BCUT2D eigenvalue weighted by Gasteiger charge is -2.11. The van der Waals surface area contributed by atoms with Crippen molar-refractivity contribution < 1.29 is 22.6 Å². The van der Waals surface area contributed by atoms with Crippen LogP contribution >= 0.6 is 0 Å². The summed E-state index contributed by atoms with van der Waals surface area (Å²) in [5, 5.41) is 4.28. The predicted octanol–water partition coefficient (Wildman–Crippen LogP) is 4.13. The Hall–Kier alpha value is -3.49. The summed E-state index contributed by atoms with van der Waals surface area (Å²) in [5.41, 5.74) is 8.17. The Bertz CT molecular complexity index is 966. The van der Waals surface area contributed by atoms with Crippen molar-refractivity contribution in [1.29, 1.82) is 0 Å². The number of halogens is 3. The van der Waals surface area contributed by atoms with Crippen molar-refractivity contribution >= 4 is 12.2 Å². The maximum atomic E-state index is 12.2. The molecule has 1 heterocycles. The Morgan fingerprint density at radius 3 is 2.43 bits per heavy atom. The van der Waals surface area contributed by atoms with Crippen LogP contribution < -0.4 is 15.2 Å². The van der Waals surface area contributed by atoms with Crippen molar-refractivity contribution in [2.45, 2.75) is 19.9 Å². The van der Waals surface area contributed by atoms with Crippen LogP contribution in [0.1, 0.15) is 16.8 Å². The average molecular weight is 390 g/mol. The SMILES string of the molecule is Cc1cn(N=Cc2ccccc2COc2ccc(OC(F)(F)F)cc2)c(N)n1. The highest BCUT2D eigenvalue weighted by molar-refractivity contribution is 5.81. The van der Waals surface area contributed by atoms with E-state index in [4.69, 9.17) is 10.5 Å². The Morgan fingerprint density at radius 1 is 1.11 bits per heavy atom. The molecule has 0 unspecified atom stereocenters. The summed E-state index contributed by atoms with van der Waals surface area (Å²) in [7, 11) is 0. The molecule has 0 bridgehead atoms. The second-order valence-corrected chi connectivity index (χ2v) is 5.84. The van der Waals surface area contributed by atoms with E-state index in [9.17, 15) is 13.2 Å². The molecule has 0 aliphatic heterocycles. The molecular weight excluding hydrogens is 373 g/mol. The minimum Gasteiger partial charge on any atom is -0.489 e. The van der Waals surface area contributed by atoms with Crippen LogP contribution in [0.2, 0.25) is 0 Å². The number of ether oxygens (including phenoxy) is 2. The first-order chi connectivity index (χ1) is 13.3. The van der Waals surface area contributed by atoms with Gasteiger partial charge in [-0.25, -0.2) is 9.66 Å². The number of rotatable bonds is 6. The van der Waals surface area contributed by atoms with Crippen LogP contribution in [0.15, 0.2) is 59.8 Å². The Kier molecular flexibility index (Phi) is 5.53. The van der Waals surface area contributed by atoms with Gasteiger partial charge in [0.05, 0.1) is 18.1 Å². The number of aromatic nitrogens is 2. The van der Waals surface area contributed by atoms with E-state index >= 15 is 0 Å². The van der Waals surface area contributed by atoms with Crippen LogP contribution in [0.25, 0.3) is 0 Å².